The number of carbonyl (C=O) groups is 1. The van der Waals surface area contributed by atoms with Crippen molar-refractivity contribution in [2.75, 3.05) is 38.6 Å². The molecule has 0 saturated carbocycles. The first-order valence-corrected chi connectivity index (χ1v) is 7.97. The summed E-state index contributed by atoms with van der Waals surface area (Å²) in [5.41, 5.74) is 0. The molecule has 20 heavy (non-hydrogen) atoms. The molecular formula is C11H18N4O3S2. The van der Waals surface area contributed by atoms with Crippen molar-refractivity contribution in [2.24, 2.45) is 0 Å². The third-order valence-electron chi connectivity index (χ3n) is 3.02. The van der Waals surface area contributed by atoms with Gasteiger partial charge in [0.15, 0.2) is 4.77 Å². The van der Waals surface area contributed by atoms with Crippen LogP contribution in [0, 0.1) is 4.77 Å². The van der Waals surface area contributed by atoms with Gasteiger partial charge in [0.05, 0.1) is 19.0 Å². The summed E-state index contributed by atoms with van der Waals surface area (Å²) in [6, 6.07) is 0. The third kappa shape index (κ3) is 4.58. The van der Waals surface area contributed by atoms with Crippen LogP contribution in [0.2, 0.25) is 0 Å². The maximum Gasteiger partial charge on any atom is 0.323 e. The molecule has 2 heterocycles. The lowest BCUT2D eigenvalue weighted by Gasteiger charge is -2.26. The van der Waals surface area contributed by atoms with Gasteiger partial charge in [-0.3, -0.25) is 19.4 Å². The summed E-state index contributed by atoms with van der Waals surface area (Å²) in [4.78, 5) is 13.1. The third-order valence-corrected chi connectivity index (χ3v) is 4.26. The van der Waals surface area contributed by atoms with Gasteiger partial charge in [0.1, 0.15) is 12.4 Å². The lowest BCUT2D eigenvalue weighted by molar-refractivity contribution is -0.137. The predicted octanol–water partition coefficient (Wildman–Crippen LogP) is 0.591. The summed E-state index contributed by atoms with van der Waals surface area (Å²) in [6.45, 7) is 4.45. The molecule has 0 atom stereocenters. The Hall–Kier alpha value is -0.900. The van der Waals surface area contributed by atoms with Gasteiger partial charge in [-0.15, -0.1) is 0 Å². The van der Waals surface area contributed by atoms with Gasteiger partial charge in [0.25, 0.3) is 0 Å². The lowest BCUT2D eigenvalue weighted by atomic mass is 10.4. The number of thioether (sulfide) groups is 1. The maximum absolute atomic E-state index is 10.8. The molecule has 1 aromatic heterocycles. The summed E-state index contributed by atoms with van der Waals surface area (Å²) in [6.07, 6.45) is 0. The molecule has 1 aromatic rings. The first kappa shape index (κ1) is 15.5. The summed E-state index contributed by atoms with van der Waals surface area (Å²) < 4.78 is 7.18. The maximum atomic E-state index is 10.8. The normalized spacial score (nSPS) is 16.4. The molecule has 0 unspecified atom stereocenters. The summed E-state index contributed by atoms with van der Waals surface area (Å²) in [5, 5.41) is 15.6. The average Bonchev–Trinajstić information content (AvgIpc) is 2.77. The predicted molar refractivity (Wildman–Crippen MR) is 78.5 cm³/mol. The monoisotopic (exact) mass is 318 g/mol. The average molecular weight is 318 g/mol. The van der Waals surface area contributed by atoms with Gasteiger partial charge in [0.2, 0.25) is 0 Å². The zero-order valence-electron chi connectivity index (χ0n) is 11.1. The van der Waals surface area contributed by atoms with Crippen molar-refractivity contribution in [3.63, 3.8) is 0 Å². The van der Waals surface area contributed by atoms with Crippen LogP contribution in [0.15, 0.2) is 0 Å². The van der Waals surface area contributed by atoms with E-state index >= 15 is 0 Å². The van der Waals surface area contributed by atoms with E-state index in [1.807, 2.05) is 0 Å². The van der Waals surface area contributed by atoms with Crippen LogP contribution in [-0.2, 0) is 21.8 Å². The van der Waals surface area contributed by atoms with E-state index in [9.17, 15) is 4.79 Å². The molecule has 112 valence electrons. The van der Waals surface area contributed by atoms with E-state index < -0.39 is 5.97 Å². The number of hydrogen-bond donors (Lipinski definition) is 2. The largest absolute Gasteiger partial charge is 0.480 e. The minimum absolute atomic E-state index is 0.144. The van der Waals surface area contributed by atoms with E-state index in [0.717, 1.165) is 38.6 Å². The van der Waals surface area contributed by atoms with Crippen molar-refractivity contribution in [1.29, 1.82) is 0 Å². The zero-order chi connectivity index (χ0) is 14.4. The highest BCUT2D eigenvalue weighted by Gasteiger charge is 2.11. The fraction of sp³-hybridized carbons (Fsp3) is 0.727. The van der Waals surface area contributed by atoms with E-state index in [-0.39, 0.29) is 6.54 Å². The Bertz CT molecular complexity index is 496. The Morgan fingerprint density at radius 2 is 2.25 bits per heavy atom. The van der Waals surface area contributed by atoms with Gasteiger partial charge >= 0.3 is 5.97 Å². The molecule has 0 bridgehead atoms. The minimum Gasteiger partial charge on any atom is -0.480 e. The smallest absolute Gasteiger partial charge is 0.323 e. The molecule has 0 radical (unpaired) electrons. The van der Waals surface area contributed by atoms with Crippen LogP contribution in [0.4, 0.5) is 0 Å². The molecule has 0 spiro atoms. The van der Waals surface area contributed by atoms with Crippen LogP contribution < -0.4 is 0 Å². The molecule has 1 fully saturated rings. The Labute approximate surface area is 126 Å². The highest BCUT2D eigenvalue weighted by atomic mass is 32.2. The van der Waals surface area contributed by atoms with Crippen LogP contribution in [0.1, 0.15) is 5.82 Å². The minimum atomic E-state index is -0.915. The highest BCUT2D eigenvalue weighted by Crippen LogP contribution is 2.11. The number of aliphatic carboxylic acids is 1. The van der Waals surface area contributed by atoms with E-state index in [1.54, 1.807) is 11.8 Å². The van der Waals surface area contributed by atoms with E-state index in [4.69, 9.17) is 22.1 Å². The van der Waals surface area contributed by atoms with Crippen molar-refractivity contribution in [1.82, 2.24) is 19.7 Å². The molecular weight excluding hydrogens is 300 g/mol. The fourth-order valence-corrected chi connectivity index (χ4v) is 3.09. The number of hydrogen-bond acceptors (Lipinski definition) is 6. The van der Waals surface area contributed by atoms with Gasteiger partial charge in [0, 0.05) is 25.4 Å². The van der Waals surface area contributed by atoms with E-state index in [0.29, 0.717) is 16.3 Å². The van der Waals surface area contributed by atoms with Gasteiger partial charge < -0.3 is 9.84 Å². The highest BCUT2D eigenvalue weighted by molar-refractivity contribution is 7.98. The molecule has 0 aromatic carbocycles. The Morgan fingerprint density at radius 1 is 1.50 bits per heavy atom. The fourth-order valence-electron chi connectivity index (χ4n) is 1.94. The van der Waals surface area contributed by atoms with Crippen LogP contribution in [-0.4, -0.2) is 69.3 Å². The molecule has 2 rings (SSSR count). The molecule has 7 nitrogen and oxygen atoms in total. The molecule has 1 aliphatic rings. The topological polar surface area (TPSA) is 83.4 Å². The molecule has 0 amide bonds. The number of morpholine rings is 1. The van der Waals surface area contributed by atoms with Crippen molar-refractivity contribution in [3.05, 3.63) is 10.6 Å². The number of carboxylic acids is 1. The quantitative estimate of drug-likeness (QED) is 0.562. The lowest BCUT2D eigenvalue weighted by Crippen LogP contribution is -2.37. The summed E-state index contributed by atoms with van der Waals surface area (Å²) in [5.74, 6) is 1.41. The van der Waals surface area contributed by atoms with Crippen LogP contribution in [0.5, 0.6) is 0 Å². The van der Waals surface area contributed by atoms with Crippen molar-refractivity contribution >= 4 is 29.9 Å². The second kappa shape index (κ2) is 7.77. The van der Waals surface area contributed by atoms with Crippen molar-refractivity contribution in [3.8, 4) is 0 Å². The summed E-state index contributed by atoms with van der Waals surface area (Å²) >= 11 is 6.75. The number of nitrogens with zero attached hydrogens (tertiary/aromatic N) is 3. The molecule has 1 saturated heterocycles. The van der Waals surface area contributed by atoms with Gasteiger partial charge in [-0.05, 0) is 12.2 Å². The van der Waals surface area contributed by atoms with Crippen LogP contribution in [0.25, 0.3) is 0 Å². The van der Waals surface area contributed by atoms with Crippen molar-refractivity contribution < 1.29 is 14.6 Å². The number of aromatic amines is 1. The first-order valence-electron chi connectivity index (χ1n) is 6.40. The van der Waals surface area contributed by atoms with Gasteiger partial charge in [-0.25, -0.2) is 0 Å². The number of rotatable bonds is 7. The Balaban J connectivity index is 1.76. The first-order chi connectivity index (χ1) is 9.66. The molecule has 2 N–H and O–H groups in total. The van der Waals surface area contributed by atoms with Crippen molar-refractivity contribution in [2.45, 2.75) is 12.3 Å². The number of carboxylic acid groups (broad SMARTS) is 1. The number of aromatic nitrogens is 3. The van der Waals surface area contributed by atoms with E-state index in [1.165, 1.54) is 4.57 Å². The molecule has 0 aliphatic carbocycles. The van der Waals surface area contributed by atoms with Gasteiger partial charge in [-0.1, -0.05) is 0 Å². The van der Waals surface area contributed by atoms with Crippen LogP contribution in [0.3, 0.4) is 0 Å². The Morgan fingerprint density at radius 3 is 2.95 bits per heavy atom. The second-order valence-electron chi connectivity index (χ2n) is 4.43. The number of H-pyrrole nitrogens is 1. The molecule has 1 aliphatic heterocycles. The number of nitrogens with one attached hydrogen (secondary N) is 1. The second-order valence-corrected chi connectivity index (χ2v) is 5.92. The van der Waals surface area contributed by atoms with E-state index in [2.05, 4.69) is 15.1 Å². The Kier molecular flexibility index (Phi) is 6.02. The molecule has 9 heteroatoms. The van der Waals surface area contributed by atoms with Crippen LogP contribution >= 0.6 is 24.0 Å². The number of ether oxygens (including phenoxy) is 1. The standard InChI is InChI=1S/C11H18N4O3S2/c16-10(17)7-15-9(12-13-11(15)19)8-20-6-3-14-1-4-18-5-2-14/h1-8H2,(H,13,19)(H,16,17). The SMILES string of the molecule is O=C(O)Cn1c(CSCCN2CCOCC2)n[nH]c1=S. The summed E-state index contributed by atoms with van der Waals surface area (Å²) in [7, 11) is 0. The van der Waals surface area contributed by atoms with Gasteiger partial charge in [-0.2, -0.15) is 16.9 Å². The zero-order valence-corrected chi connectivity index (χ0v) is 12.7.